The smallest absolute Gasteiger partial charge is 0.417 e. The molecule has 5 rings (SSSR count). The summed E-state index contributed by atoms with van der Waals surface area (Å²) in [7, 11) is 0. The van der Waals surface area contributed by atoms with Gasteiger partial charge in [0.05, 0.1) is 59.0 Å². The summed E-state index contributed by atoms with van der Waals surface area (Å²) in [6.45, 7) is 1.97. The van der Waals surface area contributed by atoms with Crippen LogP contribution in [-0.4, -0.2) is 55.7 Å². The summed E-state index contributed by atoms with van der Waals surface area (Å²) in [5.41, 5.74) is 0.262. The lowest BCUT2D eigenvalue weighted by Crippen LogP contribution is -2.24. The fraction of sp³-hybridized carbons (Fsp3) is 0.226. The molecule has 3 amide bonds. The van der Waals surface area contributed by atoms with Crippen LogP contribution >= 0.6 is 11.3 Å². The van der Waals surface area contributed by atoms with Gasteiger partial charge in [0.15, 0.2) is 5.13 Å². The van der Waals surface area contributed by atoms with Gasteiger partial charge in [0.2, 0.25) is 5.91 Å². The highest BCUT2D eigenvalue weighted by Crippen LogP contribution is 2.34. The molecule has 1 aliphatic rings. The minimum absolute atomic E-state index is 0.0220. The largest absolute Gasteiger partial charge is 0.460 e. The van der Waals surface area contributed by atoms with E-state index in [0.717, 1.165) is 6.07 Å². The first kappa shape index (κ1) is 32.1. The van der Waals surface area contributed by atoms with Crippen molar-refractivity contribution in [3.63, 3.8) is 0 Å². The van der Waals surface area contributed by atoms with E-state index in [1.807, 2.05) is 0 Å². The fourth-order valence-corrected chi connectivity index (χ4v) is 5.34. The summed E-state index contributed by atoms with van der Waals surface area (Å²) >= 11 is 1.25. The van der Waals surface area contributed by atoms with Crippen LogP contribution in [-0.2, 0) is 11.0 Å². The molecule has 0 aliphatic carbocycles. The molecule has 0 saturated carbocycles. The van der Waals surface area contributed by atoms with Crippen LogP contribution in [0, 0.1) is 12.3 Å². The Kier molecular flexibility index (Phi) is 9.59. The Balaban J connectivity index is 1.18. The first-order valence-corrected chi connectivity index (χ1v) is 14.6. The van der Waals surface area contributed by atoms with Gasteiger partial charge in [0.1, 0.15) is 6.10 Å². The van der Waals surface area contributed by atoms with Gasteiger partial charge < -0.3 is 20.5 Å². The number of aromatic nitrogens is 4. The van der Waals surface area contributed by atoms with Crippen LogP contribution in [0.25, 0.3) is 16.8 Å². The van der Waals surface area contributed by atoms with Crippen LogP contribution in [0.4, 0.5) is 34.5 Å². The molecule has 4 aromatic rings. The molecule has 3 aromatic heterocycles. The highest BCUT2D eigenvalue weighted by atomic mass is 32.1. The molecule has 0 radical (unpaired) electrons. The number of ether oxygens (including phenoxy) is 1. The number of pyridine rings is 1. The Morgan fingerprint density at radius 1 is 1.17 bits per heavy atom. The van der Waals surface area contributed by atoms with Crippen LogP contribution in [0.3, 0.4) is 0 Å². The van der Waals surface area contributed by atoms with Gasteiger partial charge in [-0.15, -0.1) is 6.42 Å². The number of thiazole rings is 1. The number of urea groups is 1. The van der Waals surface area contributed by atoms with Gasteiger partial charge in [-0.3, -0.25) is 14.7 Å². The lowest BCUT2D eigenvalue weighted by atomic mass is 10.1. The average molecular weight is 650 g/mol. The number of hydrogen-bond donors (Lipinski definition) is 3. The normalized spacial score (nSPS) is 15.7. The molecule has 0 spiro atoms. The van der Waals surface area contributed by atoms with Crippen molar-refractivity contribution in [1.82, 2.24) is 19.9 Å². The Morgan fingerprint density at radius 2 is 1.91 bits per heavy atom. The molecule has 46 heavy (non-hydrogen) atoms. The maximum absolute atomic E-state index is 13.3. The molecule has 4 heterocycles. The molecule has 1 aromatic carbocycles. The van der Waals surface area contributed by atoms with Crippen molar-refractivity contribution in [2.24, 2.45) is 0 Å². The zero-order chi connectivity index (χ0) is 32.8. The van der Waals surface area contributed by atoms with Gasteiger partial charge in [-0.05, 0) is 13.0 Å². The monoisotopic (exact) mass is 649 g/mol. The van der Waals surface area contributed by atoms with Crippen LogP contribution in [0.2, 0.25) is 0 Å². The molecular formula is C31H26F3N7O4S. The second-order valence-corrected chi connectivity index (χ2v) is 11.1. The maximum atomic E-state index is 13.3. The number of nitrogens with zero attached hydrogens (tertiary/aromatic N) is 5. The third kappa shape index (κ3) is 7.84. The van der Waals surface area contributed by atoms with Gasteiger partial charge in [-0.25, -0.2) is 19.7 Å². The van der Waals surface area contributed by atoms with Crippen molar-refractivity contribution in [2.75, 3.05) is 22.1 Å². The molecule has 236 valence electrons. The minimum atomic E-state index is -4.65. The number of amides is 3. The number of aliphatic hydroxyl groups excluding tert-OH is 1. The molecule has 2 unspecified atom stereocenters. The summed E-state index contributed by atoms with van der Waals surface area (Å²) in [5, 5.41) is 15.1. The second kappa shape index (κ2) is 13.8. The van der Waals surface area contributed by atoms with Crippen LogP contribution in [0.1, 0.15) is 30.2 Å². The van der Waals surface area contributed by atoms with Crippen molar-refractivity contribution in [1.29, 1.82) is 0 Å². The number of β-amino-alcohol motifs (C(OH)–C–C–N with tert-alkyl or cyclic N) is 1. The molecular weight excluding hydrogens is 623 g/mol. The maximum Gasteiger partial charge on any atom is 0.417 e. The van der Waals surface area contributed by atoms with Crippen LogP contribution in [0.15, 0.2) is 67.3 Å². The SMILES string of the molecule is C#C/C(=C\CC(C)Oc1ncc(NC(=O)Nc2cc(C(F)(F)F)cnc2-c2ccccc2)cn1)c1cnc(N2CC(O)CC2=O)s1. The fourth-order valence-electron chi connectivity index (χ4n) is 4.40. The first-order valence-electron chi connectivity index (χ1n) is 13.8. The number of alkyl halides is 3. The van der Waals surface area contributed by atoms with Crippen LogP contribution in [0.5, 0.6) is 6.01 Å². The van der Waals surface area contributed by atoms with E-state index in [-0.39, 0.29) is 42.0 Å². The third-order valence-corrected chi connectivity index (χ3v) is 7.66. The van der Waals surface area contributed by atoms with Gasteiger partial charge >= 0.3 is 18.2 Å². The number of terminal acetylenes is 1. The summed E-state index contributed by atoms with van der Waals surface area (Å²) in [5.74, 6) is 2.41. The van der Waals surface area contributed by atoms with E-state index in [4.69, 9.17) is 11.2 Å². The number of carbonyl (C=O) groups excluding carboxylic acids is 2. The average Bonchev–Trinajstić information content (AvgIpc) is 3.64. The van der Waals surface area contributed by atoms with Crippen LogP contribution < -0.4 is 20.3 Å². The molecule has 3 N–H and O–H groups in total. The number of aliphatic hydroxyl groups is 1. The van der Waals surface area contributed by atoms with Crippen molar-refractivity contribution < 1.29 is 32.6 Å². The van der Waals surface area contributed by atoms with Gasteiger partial charge in [0, 0.05) is 30.0 Å². The number of anilines is 3. The number of hydrogen-bond acceptors (Lipinski definition) is 9. The summed E-state index contributed by atoms with van der Waals surface area (Å²) in [6, 6.07) is 8.49. The number of halogens is 3. The predicted molar refractivity (Wildman–Crippen MR) is 166 cm³/mol. The Bertz CT molecular complexity index is 1790. The van der Waals surface area contributed by atoms with Crippen molar-refractivity contribution in [2.45, 2.75) is 38.1 Å². The highest BCUT2D eigenvalue weighted by Gasteiger charge is 2.32. The molecule has 15 heteroatoms. The Labute approximate surface area is 265 Å². The lowest BCUT2D eigenvalue weighted by molar-refractivity contribution is -0.137. The zero-order valence-corrected chi connectivity index (χ0v) is 25.0. The molecule has 1 aliphatic heterocycles. The molecule has 1 saturated heterocycles. The van der Waals surface area contributed by atoms with Gasteiger partial charge in [0.25, 0.3) is 0 Å². The van der Waals surface area contributed by atoms with E-state index in [0.29, 0.717) is 33.8 Å². The van der Waals surface area contributed by atoms with E-state index in [9.17, 15) is 27.9 Å². The predicted octanol–water partition coefficient (Wildman–Crippen LogP) is 5.63. The van der Waals surface area contributed by atoms with E-state index in [1.54, 1.807) is 49.5 Å². The van der Waals surface area contributed by atoms with Crippen molar-refractivity contribution in [3.8, 4) is 29.6 Å². The third-order valence-electron chi connectivity index (χ3n) is 6.61. The summed E-state index contributed by atoms with van der Waals surface area (Å²) < 4.78 is 45.8. The Hall–Kier alpha value is -5.33. The minimum Gasteiger partial charge on any atom is -0.460 e. The van der Waals surface area contributed by atoms with E-state index in [1.165, 1.54) is 28.6 Å². The van der Waals surface area contributed by atoms with Crippen molar-refractivity contribution in [3.05, 3.63) is 77.7 Å². The zero-order valence-electron chi connectivity index (χ0n) is 24.2. The highest BCUT2D eigenvalue weighted by molar-refractivity contribution is 7.16. The van der Waals surface area contributed by atoms with Gasteiger partial charge in [-0.1, -0.05) is 53.7 Å². The number of nitrogens with one attached hydrogen (secondary N) is 2. The number of benzene rings is 1. The van der Waals surface area contributed by atoms with E-state index in [2.05, 4.69) is 36.5 Å². The summed E-state index contributed by atoms with van der Waals surface area (Å²) in [6.07, 6.45) is 7.01. The molecule has 11 nitrogen and oxygen atoms in total. The molecule has 0 bridgehead atoms. The number of carbonyl (C=O) groups is 2. The molecule has 1 fully saturated rings. The second-order valence-electron chi connectivity index (χ2n) is 10.1. The van der Waals surface area contributed by atoms with Crippen molar-refractivity contribution >= 4 is 45.4 Å². The lowest BCUT2D eigenvalue weighted by Gasteiger charge is -2.15. The number of rotatable bonds is 9. The molecule has 2 atom stereocenters. The van der Waals surface area contributed by atoms with Gasteiger partial charge in [-0.2, -0.15) is 13.2 Å². The number of allylic oxidation sites excluding steroid dienone is 1. The quantitative estimate of drug-likeness (QED) is 0.198. The van der Waals surface area contributed by atoms with E-state index >= 15 is 0 Å². The van der Waals surface area contributed by atoms with E-state index < -0.39 is 30.0 Å². The standard InChI is InChI=1S/C31H26F3N7O4S/c1-3-19(25-16-38-30(46-25)41-17-23(42)12-26(41)43)10-9-18(2)45-29-36-14-22(15-37-29)39-28(44)40-24-11-21(31(32,33)34)13-35-27(24)20-7-5-4-6-8-20/h1,4-8,10-11,13-16,18,23,42H,9,12,17H2,2H3,(H2,39,40,44)/b19-10+. The Morgan fingerprint density at radius 3 is 2.57 bits per heavy atom. The summed E-state index contributed by atoms with van der Waals surface area (Å²) in [4.78, 5) is 43.3. The first-order chi connectivity index (χ1) is 22.0. The topological polar surface area (TPSA) is 142 Å².